The molecule has 2 amide bonds. The quantitative estimate of drug-likeness (QED) is 0.692. The van der Waals surface area contributed by atoms with Gasteiger partial charge in [-0.3, -0.25) is 9.59 Å². The number of amides is 2. The lowest BCUT2D eigenvalue weighted by Gasteiger charge is -2.32. The minimum absolute atomic E-state index is 0.0413. The molecule has 1 saturated heterocycles. The Bertz CT molecular complexity index is 1060. The molecule has 7 nitrogen and oxygen atoms in total. The molecule has 2 aromatic rings. The van der Waals surface area contributed by atoms with Crippen LogP contribution in [-0.4, -0.2) is 44.8 Å². The van der Waals surface area contributed by atoms with Crippen molar-refractivity contribution in [3.63, 3.8) is 0 Å². The molecule has 0 saturated carbocycles. The van der Waals surface area contributed by atoms with Gasteiger partial charge in [-0.2, -0.15) is 8.42 Å². The summed E-state index contributed by atoms with van der Waals surface area (Å²) in [6, 6.07) is 11.3. The van der Waals surface area contributed by atoms with Gasteiger partial charge in [0, 0.05) is 32.1 Å². The zero-order valence-corrected chi connectivity index (χ0v) is 18.9. The number of aryl methyl sites for hydroxylation is 2. The summed E-state index contributed by atoms with van der Waals surface area (Å²) in [5.74, 6) is 0.396. The van der Waals surface area contributed by atoms with E-state index in [-0.39, 0.29) is 22.5 Å². The largest absolute Gasteiger partial charge is 0.379 e. The Morgan fingerprint density at radius 2 is 1.71 bits per heavy atom. The summed E-state index contributed by atoms with van der Waals surface area (Å²) >= 11 is 0. The Hall–Kier alpha value is -2.87. The molecule has 0 aromatic heterocycles. The molecular weight excluding hydrogens is 416 g/mol. The highest BCUT2D eigenvalue weighted by molar-refractivity contribution is 7.87. The van der Waals surface area contributed by atoms with Crippen LogP contribution >= 0.6 is 0 Å². The Labute approximate surface area is 183 Å². The first-order valence-electron chi connectivity index (χ1n) is 10.3. The van der Waals surface area contributed by atoms with Gasteiger partial charge in [0.25, 0.3) is 5.91 Å². The van der Waals surface area contributed by atoms with Gasteiger partial charge in [0.2, 0.25) is 5.91 Å². The van der Waals surface area contributed by atoms with E-state index in [1.807, 2.05) is 13.0 Å². The van der Waals surface area contributed by atoms with Crippen molar-refractivity contribution in [3.8, 4) is 5.75 Å². The second kappa shape index (κ2) is 9.51. The topological polar surface area (TPSA) is 92.8 Å². The molecule has 0 radical (unpaired) electrons. The average Bonchev–Trinajstić information content (AvgIpc) is 2.74. The van der Waals surface area contributed by atoms with E-state index in [1.165, 1.54) is 19.1 Å². The number of hydrogen-bond donors (Lipinski definition) is 1. The molecule has 166 valence electrons. The number of carbonyl (C=O) groups excluding carboxylic acids is 2. The molecule has 1 aliphatic heterocycles. The maximum Gasteiger partial charge on any atom is 0.339 e. The minimum Gasteiger partial charge on any atom is -0.379 e. The number of carbonyl (C=O) groups is 2. The van der Waals surface area contributed by atoms with Crippen LogP contribution in [0, 0.1) is 19.8 Å². The van der Waals surface area contributed by atoms with E-state index >= 15 is 0 Å². The highest BCUT2D eigenvalue weighted by Crippen LogP contribution is 2.24. The number of nitrogens with zero attached hydrogens (tertiary/aromatic N) is 1. The van der Waals surface area contributed by atoms with Gasteiger partial charge < -0.3 is 14.4 Å². The lowest BCUT2D eigenvalue weighted by molar-refractivity contribution is -0.119. The first-order chi connectivity index (χ1) is 14.7. The van der Waals surface area contributed by atoms with Crippen LogP contribution in [0.2, 0.25) is 0 Å². The molecule has 8 heteroatoms. The molecule has 0 bridgehead atoms. The summed E-state index contributed by atoms with van der Waals surface area (Å²) < 4.78 is 30.6. The van der Waals surface area contributed by atoms with Crippen molar-refractivity contribution >= 4 is 21.9 Å². The van der Waals surface area contributed by atoms with Gasteiger partial charge in [-0.1, -0.05) is 12.1 Å². The van der Waals surface area contributed by atoms with Crippen LogP contribution in [0.4, 0.5) is 0 Å². The lowest BCUT2D eigenvalue weighted by Crippen LogP contribution is -2.41. The Balaban J connectivity index is 1.62. The molecule has 31 heavy (non-hydrogen) atoms. The van der Waals surface area contributed by atoms with Gasteiger partial charge in [-0.05, 0) is 74.1 Å². The van der Waals surface area contributed by atoms with Gasteiger partial charge in [0.05, 0.1) is 0 Å². The van der Waals surface area contributed by atoms with Crippen molar-refractivity contribution in [1.29, 1.82) is 0 Å². The fraction of sp³-hybridized carbons (Fsp3) is 0.391. The first kappa shape index (κ1) is 22.8. The Morgan fingerprint density at radius 1 is 1.06 bits per heavy atom. The van der Waals surface area contributed by atoms with Crippen molar-refractivity contribution < 1.29 is 22.2 Å². The number of rotatable bonds is 6. The number of hydrogen-bond acceptors (Lipinski definition) is 5. The molecule has 1 N–H and O–H groups in total. The van der Waals surface area contributed by atoms with Gasteiger partial charge in [0.1, 0.15) is 10.6 Å². The maximum atomic E-state index is 12.8. The van der Waals surface area contributed by atoms with Crippen LogP contribution in [0.25, 0.3) is 0 Å². The normalized spacial score (nSPS) is 14.9. The summed E-state index contributed by atoms with van der Waals surface area (Å²) in [4.78, 5) is 25.7. The van der Waals surface area contributed by atoms with E-state index in [4.69, 9.17) is 4.18 Å². The highest BCUT2D eigenvalue weighted by Gasteiger charge is 2.24. The third kappa shape index (κ3) is 5.85. The van der Waals surface area contributed by atoms with Gasteiger partial charge in [-0.15, -0.1) is 0 Å². The van der Waals surface area contributed by atoms with Crippen LogP contribution in [0.1, 0.15) is 41.3 Å². The predicted molar refractivity (Wildman–Crippen MR) is 117 cm³/mol. The van der Waals surface area contributed by atoms with Crippen LogP contribution in [0.3, 0.4) is 0 Å². The zero-order chi connectivity index (χ0) is 22.6. The van der Waals surface area contributed by atoms with Crippen molar-refractivity contribution in [1.82, 2.24) is 10.2 Å². The predicted octanol–water partition coefficient (Wildman–Crippen LogP) is 3.06. The number of likely N-dealkylation sites (tertiary alicyclic amines) is 1. The van der Waals surface area contributed by atoms with Crippen LogP contribution in [0.5, 0.6) is 5.75 Å². The molecule has 0 atom stereocenters. The van der Waals surface area contributed by atoms with Crippen LogP contribution < -0.4 is 9.50 Å². The van der Waals surface area contributed by atoms with E-state index in [0.717, 1.165) is 18.4 Å². The van der Waals surface area contributed by atoms with E-state index in [0.29, 0.717) is 36.7 Å². The fourth-order valence-corrected chi connectivity index (χ4v) is 4.86. The summed E-state index contributed by atoms with van der Waals surface area (Å²) in [6.07, 6.45) is 1.67. The zero-order valence-electron chi connectivity index (χ0n) is 18.1. The SMILES string of the molecule is CC(=O)NCC1CCN(C(=O)c2ccc(OS(=O)(=O)c3cc(C)ccc3C)cc2)CC1. The average molecular weight is 445 g/mol. The van der Waals surface area contributed by atoms with Crippen molar-refractivity contribution in [2.24, 2.45) is 5.92 Å². The van der Waals surface area contributed by atoms with Gasteiger partial charge in [-0.25, -0.2) is 0 Å². The smallest absolute Gasteiger partial charge is 0.339 e. The van der Waals surface area contributed by atoms with Crippen LogP contribution in [-0.2, 0) is 14.9 Å². The van der Waals surface area contributed by atoms with Gasteiger partial charge in [0.15, 0.2) is 0 Å². The standard InChI is InChI=1S/C23H28N2O5S/c1-16-4-5-17(2)22(14-16)31(28,29)30-21-8-6-20(7-9-21)23(27)25-12-10-19(11-13-25)15-24-18(3)26/h4-9,14,19H,10-13,15H2,1-3H3,(H,24,26). The first-order valence-corrected chi connectivity index (χ1v) is 11.7. The molecule has 3 rings (SSSR count). The monoisotopic (exact) mass is 444 g/mol. The summed E-state index contributed by atoms with van der Waals surface area (Å²) in [5, 5.41) is 2.83. The molecule has 1 fully saturated rings. The molecule has 0 aliphatic carbocycles. The van der Waals surface area contributed by atoms with Crippen molar-refractivity contribution in [2.75, 3.05) is 19.6 Å². The van der Waals surface area contributed by atoms with Crippen LogP contribution in [0.15, 0.2) is 47.4 Å². The molecule has 0 unspecified atom stereocenters. The second-order valence-corrected chi connectivity index (χ2v) is 9.52. The Kier molecular flexibility index (Phi) is 7.00. The lowest BCUT2D eigenvalue weighted by atomic mass is 9.96. The number of nitrogens with one attached hydrogen (secondary N) is 1. The van der Waals surface area contributed by atoms with E-state index in [9.17, 15) is 18.0 Å². The van der Waals surface area contributed by atoms with Gasteiger partial charge >= 0.3 is 10.1 Å². The molecule has 1 heterocycles. The minimum atomic E-state index is -3.96. The van der Waals surface area contributed by atoms with Crippen molar-refractivity contribution in [2.45, 2.75) is 38.5 Å². The summed E-state index contributed by atoms with van der Waals surface area (Å²) in [6.45, 7) is 6.93. The second-order valence-electron chi connectivity index (χ2n) is 8.00. The maximum absolute atomic E-state index is 12.8. The summed E-state index contributed by atoms with van der Waals surface area (Å²) in [7, 11) is -3.96. The van der Waals surface area contributed by atoms with Crippen molar-refractivity contribution in [3.05, 3.63) is 59.2 Å². The third-order valence-corrected chi connectivity index (χ3v) is 6.85. The molecule has 2 aromatic carbocycles. The highest BCUT2D eigenvalue weighted by atomic mass is 32.2. The molecule has 1 aliphatic rings. The number of piperidine rings is 1. The molecular formula is C23H28N2O5S. The fourth-order valence-electron chi connectivity index (χ4n) is 3.61. The number of benzene rings is 2. The third-order valence-electron chi connectivity index (χ3n) is 5.46. The van der Waals surface area contributed by atoms with E-state index in [1.54, 1.807) is 36.1 Å². The molecule has 0 spiro atoms. The van der Waals surface area contributed by atoms with E-state index < -0.39 is 10.1 Å². The summed E-state index contributed by atoms with van der Waals surface area (Å²) in [5.41, 5.74) is 1.92. The Morgan fingerprint density at radius 3 is 2.32 bits per heavy atom. The van der Waals surface area contributed by atoms with E-state index in [2.05, 4.69) is 5.32 Å².